The van der Waals surface area contributed by atoms with E-state index in [0.717, 1.165) is 37.3 Å². The molecule has 7 nitrogen and oxygen atoms in total. The Bertz CT molecular complexity index is 935. The summed E-state index contributed by atoms with van der Waals surface area (Å²) in [6.07, 6.45) is 9.30. The standard InChI is InChI=1S/C20H19N7/c21-12-16-3-4-17(13-24-16)25-20-23-10-7-18(26-20)19-2-1-11-27(19)14-15-5-8-22-9-6-15/h3-10,13,19H,1-2,11,14H2,(H,23,25,26). The van der Waals surface area contributed by atoms with Gasteiger partial charge in [0.25, 0.3) is 0 Å². The minimum absolute atomic E-state index is 0.279. The molecule has 0 saturated carbocycles. The Morgan fingerprint density at radius 3 is 2.78 bits per heavy atom. The van der Waals surface area contributed by atoms with Crippen molar-refractivity contribution >= 4 is 11.6 Å². The number of hydrogen-bond acceptors (Lipinski definition) is 7. The molecule has 1 N–H and O–H groups in total. The topological polar surface area (TPSA) is 90.6 Å². The third kappa shape index (κ3) is 4.07. The summed E-state index contributed by atoms with van der Waals surface area (Å²) in [4.78, 5) is 19.6. The van der Waals surface area contributed by atoms with Gasteiger partial charge < -0.3 is 5.32 Å². The van der Waals surface area contributed by atoms with Crippen LogP contribution in [0.15, 0.2) is 55.1 Å². The van der Waals surface area contributed by atoms with Crippen molar-refractivity contribution in [3.8, 4) is 6.07 Å². The summed E-state index contributed by atoms with van der Waals surface area (Å²) in [7, 11) is 0. The molecular weight excluding hydrogens is 338 g/mol. The molecule has 1 saturated heterocycles. The quantitative estimate of drug-likeness (QED) is 0.749. The van der Waals surface area contributed by atoms with E-state index >= 15 is 0 Å². The Labute approximate surface area is 157 Å². The molecular formula is C20H19N7. The van der Waals surface area contributed by atoms with Gasteiger partial charge in [0.2, 0.25) is 5.95 Å². The number of hydrogen-bond donors (Lipinski definition) is 1. The molecule has 0 bridgehead atoms. The lowest BCUT2D eigenvalue weighted by molar-refractivity contribution is 0.244. The third-order valence-corrected chi connectivity index (χ3v) is 4.65. The maximum absolute atomic E-state index is 8.84. The zero-order valence-corrected chi connectivity index (χ0v) is 14.8. The van der Waals surface area contributed by atoms with Crippen molar-refractivity contribution < 1.29 is 0 Å². The van der Waals surface area contributed by atoms with Gasteiger partial charge >= 0.3 is 0 Å². The molecule has 4 heterocycles. The Morgan fingerprint density at radius 1 is 1.11 bits per heavy atom. The second-order valence-electron chi connectivity index (χ2n) is 6.46. The van der Waals surface area contributed by atoms with Crippen molar-refractivity contribution in [3.05, 3.63) is 72.1 Å². The monoisotopic (exact) mass is 357 g/mol. The lowest BCUT2D eigenvalue weighted by atomic mass is 10.1. The third-order valence-electron chi connectivity index (χ3n) is 4.65. The van der Waals surface area contributed by atoms with Crippen molar-refractivity contribution in [3.63, 3.8) is 0 Å². The summed E-state index contributed by atoms with van der Waals surface area (Å²) in [5.74, 6) is 0.537. The van der Waals surface area contributed by atoms with Crippen LogP contribution in [0.25, 0.3) is 0 Å². The average molecular weight is 357 g/mol. The van der Waals surface area contributed by atoms with Crippen LogP contribution in [0.1, 0.15) is 35.8 Å². The van der Waals surface area contributed by atoms with E-state index in [4.69, 9.17) is 10.2 Å². The first-order chi connectivity index (χ1) is 13.3. The fourth-order valence-electron chi connectivity index (χ4n) is 3.35. The molecule has 0 amide bonds. The van der Waals surface area contributed by atoms with Gasteiger partial charge in [-0.25, -0.2) is 15.0 Å². The number of aromatic nitrogens is 4. The second-order valence-corrected chi connectivity index (χ2v) is 6.46. The maximum Gasteiger partial charge on any atom is 0.227 e. The Kier molecular flexibility index (Phi) is 4.99. The molecule has 134 valence electrons. The molecule has 3 aromatic rings. The number of likely N-dealkylation sites (tertiary alicyclic amines) is 1. The van der Waals surface area contributed by atoms with Crippen LogP contribution >= 0.6 is 0 Å². The number of nitriles is 1. The van der Waals surface area contributed by atoms with Gasteiger partial charge in [-0.15, -0.1) is 0 Å². The molecule has 1 unspecified atom stereocenters. The van der Waals surface area contributed by atoms with E-state index in [2.05, 4.69) is 37.3 Å². The molecule has 0 aliphatic carbocycles. The summed E-state index contributed by atoms with van der Waals surface area (Å²) in [6.45, 7) is 1.94. The minimum atomic E-state index is 0.279. The van der Waals surface area contributed by atoms with Crippen LogP contribution in [0.2, 0.25) is 0 Å². The van der Waals surface area contributed by atoms with Gasteiger partial charge in [-0.1, -0.05) is 0 Å². The molecule has 1 aliphatic rings. The summed E-state index contributed by atoms with van der Waals surface area (Å²) >= 11 is 0. The van der Waals surface area contributed by atoms with Gasteiger partial charge in [0.05, 0.1) is 23.6 Å². The minimum Gasteiger partial charge on any atom is -0.323 e. The lowest BCUT2D eigenvalue weighted by Gasteiger charge is -2.24. The first kappa shape index (κ1) is 17.1. The van der Waals surface area contributed by atoms with Gasteiger partial charge in [-0.2, -0.15) is 5.26 Å². The van der Waals surface area contributed by atoms with Crippen molar-refractivity contribution in [2.45, 2.75) is 25.4 Å². The van der Waals surface area contributed by atoms with Crippen LogP contribution in [-0.2, 0) is 6.54 Å². The highest BCUT2D eigenvalue weighted by atomic mass is 15.2. The van der Waals surface area contributed by atoms with Crippen LogP contribution in [0.4, 0.5) is 11.6 Å². The molecule has 0 radical (unpaired) electrons. The van der Waals surface area contributed by atoms with Crippen molar-refractivity contribution in [2.24, 2.45) is 0 Å². The van der Waals surface area contributed by atoms with Crippen LogP contribution < -0.4 is 5.32 Å². The second kappa shape index (κ2) is 7.89. The van der Waals surface area contributed by atoms with Crippen LogP contribution in [0.5, 0.6) is 0 Å². The van der Waals surface area contributed by atoms with Gasteiger partial charge in [-0.05, 0) is 55.3 Å². The number of rotatable bonds is 5. The van der Waals surface area contributed by atoms with Crippen LogP contribution in [-0.4, -0.2) is 31.4 Å². The van der Waals surface area contributed by atoms with Gasteiger partial charge in [-0.3, -0.25) is 9.88 Å². The smallest absolute Gasteiger partial charge is 0.227 e. The Balaban J connectivity index is 1.50. The SMILES string of the molecule is N#Cc1ccc(Nc2nccc(C3CCCN3Cc3ccncc3)n2)cn1. The van der Waals surface area contributed by atoms with Crippen molar-refractivity contribution in [2.75, 3.05) is 11.9 Å². The van der Waals surface area contributed by atoms with Crippen LogP contribution in [0, 0.1) is 11.3 Å². The van der Waals surface area contributed by atoms with E-state index < -0.39 is 0 Å². The van der Waals surface area contributed by atoms with Crippen molar-refractivity contribution in [1.82, 2.24) is 24.8 Å². The van der Waals surface area contributed by atoms with E-state index in [1.165, 1.54) is 5.56 Å². The van der Waals surface area contributed by atoms with E-state index in [1.807, 2.05) is 24.5 Å². The zero-order valence-electron chi connectivity index (χ0n) is 14.8. The summed E-state index contributed by atoms with van der Waals surface area (Å²) in [6, 6.07) is 11.8. The average Bonchev–Trinajstić information content (AvgIpc) is 3.18. The fourth-order valence-corrected chi connectivity index (χ4v) is 3.35. The largest absolute Gasteiger partial charge is 0.323 e. The van der Waals surface area contributed by atoms with E-state index in [-0.39, 0.29) is 6.04 Å². The first-order valence-electron chi connectivity index (χ1n) is 8.91. The van der Waals surface area contributed by atoms with Crippen LogP contribution in [0.3, 0.4) is 0 Å². The molecule has 3 aromatic heterocycles. The van der Waals surface area contributed by atoms with Gasteiger partial charge in [0.15, 0.2) is 0 Å². The number of anilines is 2. The van der Waals surface area contributed by atoms with E-state index in [1.54, 1.807) is 24.5 Å². The maximum atomic E-state index is 8.84. The predicted octanol–water partition coefficient (Wildman–Crippen LogP) is 3.22. The van der Waals surface area contributed by atoms with Gasteiger partial charge in [0.1, 0.15) is 11.8 Å². The van der Waals surface area contributed by atoms with Gasteiger partial charge in [0, 0.05) is 25.1 Å². The number of pyridine rings is 2. The molecule has 27 heavy (non-hydrogen) atoms. The van der Waals surface area contributed by atoms with Crippen molar-refractivity contribution in [1.29, 1.82) is 5.26 Å². The zero-order chi connectivity index (χ0) is 18.5. The summed E-state index contributed by atoms with van der Waals surface area (Å²) in [5.41, 5.74) is 3.41. The molecule has 4 rings (SSSR count). The molecule has 0 spiro atoms. The highest BCUT2D eigenvalue weighted by molar-refractivity contribution is 5.52. The number of nitrogens with zero attached hydrogens (tertiary/aromatic N) is 6. The lowest BCUT2D eigenvalue weighted by Crippen LogP contribution is -2.23. The molecule has 1 aliphatic heterocycles. The first-order valence-corrected chi connectivity index (χ1v) is 8.91. The molecule has 7 heteroatoms. The predicted molar refractivity (Wildman–Crippen MR) is 101 cm³/mol. The molecule has 0 aromatic carbocycles. The highest BCUT2D eigenvalue weighted by Crippen LogP contribution is 2.32. The fraction of sp³-hybridized carbons (Fsp3) is 0.250. The summed E-state index contributed by atoms with van der Waals surface area (Å²) in [5, 5.41) is 12.0. The molecule has 1 fully saturated rings. The Hall–Kier alpha value is -3.37. The summed E-state index contributed by atoms with van der Waals surface area (Å²) < 4.78 is 0. The van der Waals surface area contributed by atoms with E-state index in [9.17, 15) is 0 Å². The Morgan fingerprint density at radius 2 is 2.00 bits per heavy atom. The van der Waals surface area contributed by atoms with E-state index in [0.29, 0.717) is 11.6 Å². The normalized spacial score (nSPS) is 16.8. The highest BCUT2D eigenvalue weighted by Gasteiger charge is 2.27. The number of nitrogens with one attached hydrogen (secondary N) is 1. The molecule has 1 atom stereocenters.